The maximum Gasteiger partial charge on any atom is 0.320 e. The summed E-state index contributed by atoms with van der Waals surface area (Å²) in [5.74, 6) is -0.778. The molecule has 5 heteroatoms. The highest BCUT2D eigenvalue weighted by atomic mass is 32.2. The number of hydrogen-bond acceptors (Lipinski definition) is 2. The van der Waals surface area contributed by atoms with Crippen molar-refractivity contribution >= 4 is 17.3 Å². The normalized spacial score (nSPS) is 18.1. The number of aliphatic carboxylic acids is 1. The molecular formula is C5H12FNO2S. The number of halogens is 1. The van der Waals surface area contributed by atoms with Gasteiger partial charge >= 0.3 is 5.97 Å². The summed E-state index contributed by atoms with van der Waals surface area (Å²) in [6, 6.07) is -0.902. The van der Waals surface area contributed by atoms with E-state index in [1.165, 1.54) is 6.26 Å². The molecule has 0 saturated heterocycles. The summed E-state index contributed by atoms with van der Waals surface area (Å²) >= 11 is -1.50. The fourth-order valence-electron chi connectivity index (χ4n) is 0.440. The van der Waals surface area contributed by atoms with Crippen LogP contribution in [0.1, 0.15) is 6.42 Å². The van der Waals surface area contributed by atoms with Gasteiger partial charge < -0.3 is 10.8 Å². The van der Waals surface area contributed by atoms with Crippen molar-refractivity contribution in [2.24, 2.45) is 5.73 Å². The number of carboxylic acid groups (broad SMARTS) is 1. The minimum Gasteiger partial charge on any atom is -0.480 e. The van der Waals surface area contributed by atoms with Gasteiger partial charge in [-0.1, -0.05) is 0 Å². The highest BCUT2D eigenvalue weighted by Gasteiger charge is 2.10. The molecule has 0 aromatic carbocycles. The van der Waals surface area contributed by atoms with Gasteiger partial charge in [-0.25, -0.2) is 0 Å². The van der Waals surface area contributed by atoms with Crippen LogP contribution >= 0.6 is 11.3 Å². The second-order valence-corrected chi connectivity index (χ2v) is 3.72. The number of thiol groups is 1. The lowest BCUT2D eigenvalue weighted by Crippen LogP contribution is -2.30. The van der Waals surface area contributed by atoms with Gasteiger partial charge in [-0.15, -0.1) is 11.3 Å². The van der Waals surface area contributed by atoms with Crippen LogP contribution in [0.5, 0.6) is 0 Å². The predicted octanol–water partition coefficient (Wildman–Crippen LogP) is 0.304. The molecule has 0 aliphatic heterocycles. The van der Waals surface area contributed by atoms with Gasteiger partial charge in [-0.2, -0.15) is 3.89 Å². The number of carboxylic acids is 1. The van der Waals surface area contributed by atoms with Gasteiger partial charge in [0.15, 0.2) is 0 Å². The largest absolute Gasteiger partial charge is 0.480 e. The highest BCUT2D eigenvalue weighted by Crippen LogP contribution is 2.21. The molecule has 0 fully saturated rings. The predicted molar refractivity (Wildman–Crippen MR) is 41.1 cm³/mol. The Morgan fingerprint density at radius 1 is 1.90 bits per heavy atom. The van der Waals surface area contributed by atoms with Gasteiger partial charge in [0, 0.05) is 5.75 Å². The summed E-state index contributed by atoms with van der Waals surface area (Å²) in [7, 11) is 0. The molecule has 3 N–H and O–H groups in total. The van der Waals surface area contributed by atoms with Gasteiger partial charge in [0.05, 0.1) is 0 Å². The maximum atomic E-state index is 12.1. The number of carbonyl (C=O) groups is 1. The van der Waals surface area contributed by atoms with Gasteiger partial charge in [-0.05, 0) is 12.7 Å². The quantitative estimate of drug-likeness (QED) is 0.530. The summed E-state index contributed by atoms with van der Waals surface area (Å²) in [6.07, 6.45) is 1.68. The second kappa shape index (κ2) is 4.51. The summed E-state index contributed by atoms with van der Waals surface area (Å²) < 4.78 is 12.1. The van der Waals surface area contributed by atoms with Crippen LogP contribution in [0.2, 0.25) is 0 Å². The van der Waals surface area contributed by atoms with Gasteiger partial charge in [0.25, 0.3) is 0 Å². The van der Waals surface area contributed by atoms with Crippen molar-refractivity contribution in [1.29, 1.82) is 0 Å². The molecule has 0 aromatic heterocycles. The van der Waals surface area contributed by atoms with Crippen molar-refractivity contribution in [3.8, 4) is 0 Å². The standard InChI is InChI=1S/C5H12FNO2S/c1-10(6)3-2-4(7)5(8)9/h4,10H,2-3,7H2,1H3,(H,8,9)/t4-/m0/s1. The molecule has 0 amide bonds. The number of nitrogens with two attached hydrogens (primary N) is 1. The van der Waals surface area contributed by atoms with Gasteiger partial charge in [-0.3, -0.25) is 4.79 Å². The average Bonchev–Trinajstić information content (AvgIpc) is 1.82. The topological polar surface area (TPSA) is 63.3 Å². The zero-order valence-corrected chi connectivity index (χ0v) is 6.64. The van der Waals surface area contributed by atoms with E-state index in [0.717, 1.165) is 0 Å². The Morgan fingerprint density at radius 2 is 2.40 bits per heavy atom. The molecule has 0 bridgehead atoms. The van der Waals surface area contributed by atoms with E-state index in [0.29, 0.717) is 0 Å². The first kappa shape index (κ1) is 9.71. The molecule has 0 aliphatic rings. The minimum absolute atomic E-state index is 0.230. The van der Waals surface area contributed by atoms with Crippen LogP contribution in [0, 0.1) is 0 Å². The molecule has 0 rings (SSSR count). The second-order valence-electron chi connectivity index (χ2n) is 2.06. The van der Waals surface area contributed by atoms with Crippen LogP contribution in [-0.2, 0) is 4.79 Å². The molecule has 3 nitrogen and oxygen atoms in total. The molecule has 0 aliphatic carbocycles. The zero-order valence-electron chi connectivity index (χ0n) is 5.75. The summed E-state index contributed by atoms with van der Waals surface area (Å²) in [5, 5.41) is 8.25. The third-order valence-electron chi connectivity index (χ3n) is 1.07. The Hall–Kier alpha value is -0.290. The first-order chi connectivity index (χ1) is 4.54. The highest BCUT2D eigenvalue weighted by molar-refractivity contribution is 8.11. The molecule has 0 aromatic rings. The van der Waals surface area contributed by atoms with Crippen LogP contribution < -0.4 is 5.73 Å². The van der Waals surface area contributed by atoms with E-state index >= 15 is 0 Å². The Labute approximate surface area is 62.0 Å². The van der Waals surface area contributed by atoms with Crippen molar-refractivity contribution in [1.82, 2.24) is 0 Å². The Balaban J connectivity index is 3.40. The lowest BCUT2D eigenvalue weighted by atomic mass is 10.2. The van der Waals surface area contributed by atoms with E-state index in [9.17, 15) is 8.68 Å². The summed E-state index contributed by atoms with van der Waals surface area (Å²) in [5.41, 5.74) is 5.11. The van der Waals surface area contributed by atoms with Crippen molar-refractivity contribution in [2.75, 3.05) is 12.0 Å². The first-order valence-electron chi connectivity index (χ1n) is 2.89. The average molecular weight is 169 g/mol. The van der Waals surface area contributed by atoms with Crippen molar-refractivity contribution in [3.63, 3.8) is 0 Å². The lowest BCUT2D eigenvalue weighted by Gasteiger charge is -2.07. The third kappa shape index (κ3) is 4.58. The van der Waals surface area contributed by atoms with Crippen molar-refractivity contribution in [3.05, 3.63) is 0 Å². The van der Waals surface area contributed by atoms with Crippen molar-refractivity contribution < 1.29 is 13.8 Å². The molecule has 2 atom stereocenters. The zero-order chi connectivity index (χ0) is 8.15. The van der Waals surface area contributed by atoms with Crippen molar-refractivity contribution in [2.45, 2.75) is 12.5 Å². The van der Waals surface area contributed by atoms with Crippen LogP contribution in [0.25, 0.3) is 0 Å². The molecule has 0 spiro atoms. The van der Waals surface area contributed by atoms with E-state index in [4.69, 9.17) is 10.8 Å². The third-order valence-corrected chi connectivity index (χ3v) is 1.94. The van der Waals surface area contributed by atoms with Crippen LogP contribution in [-0.4, -0.2) is 29.1 Å². The molecule has 62 valence electrons. The molecule has 1 unspecified atom stereocenters. The SMILES string of the molecule is C[SH](F)CC[C@H](N)C(=O)O. The van der Waals surface area contributed by atoms with Crippen LogP contribution in [0.15, 0.2) is 0 Å². The minimum atomic E-state index is -1.50. The molecule has 0 saturated carbocycles. The number of hydrogen-bond donors (Lipinski definition) is 3. The Morgan fingerprint density at radius 3 is 2.70 bits per heavy atom. The lowest BCUT2D eigenvalue weighted by molar-refractivity contribution is -0.138. The molecule has 10 heavy (non-hydrogen) atoms. The molecular weight excluding hydrogens is 157 g/mol. The fraction of sp³-hybridized carbons (Fsp3) is 0.800. The van der Waals surface area contributed by atoms with E-state index in [1.807, 2.05) is 0 Å². The van der Waals surface area contributed by atoms with Gasteiger partial charge in [0.1, 0.15) is 6.04 Å². The van der Waals surface area contributed by atoms with E-state index < -0.39 is 23.3 Å². The Bertz CT molecular complexity index is 120. The van der Waals surface area contributed by atoms with Crippen LogP contribution in [0.4, 0.5) is 3.89 Å². The molecule has 0 heterocycles. The summed E-state index contributed by atoms with van der Waals surface area (Å²) in [6.45, 7) is 0. The first-order valence-corrected chi connectivity index (χ1v) is 4.76. The van der Waals surface area contributed by atoms with E-state index in [2.05, 4.69) is 0 Å². The number of rotatable bonds is 4. The maximum absolute atomic E-state index is 12.1. The van der Waals surface area contributed by atoms with E-state index in [1.54, 1.807) is 0 Å². The monoisotopic (exact) mass is 169 g/mol. The molecule has 0 radical (unpaired) electrons. The summed E-state index contributed by atoms with van der Waals surface area (Å²) in [4.78, 5) is 10.1. The van der Waals surface area contributed by atoms with Crippen LogP contribution in [0.3, 0.4) is 0 Å². The fourth-order valence-corrected chi connectivity index (χ4v) is 1.07. The smallest absolute Gasteiger partial charge is 0.320 e. The Kier molecular flexibility index (Phi) is 4.38. The van der Waals surface area contributed by atoms with Gasteiger partial charge in [0.2, 0.25) is 0 Å². The van der Waals surface area contributed by atoms with E-state index in [-0.39, 0.29) is 12.2 Å².